The quantitative estimate of drug-likeness (QED) is 0.541. The molecule has 0 amide bonds. The summed E-state index contributed by atoms with van der Waals surface area (Å²) in [5.74, 6) is 0.502. The van der Waals surface area contributed by atoms with Crippen LogP contribution in [0.1, 0.15) is 6.92 Å². The summed E-state index contributed by atoms with van der Waals surface area (Å²) in [6.45, 7) is 1.44. The summed E-state index contributed by atoms with van der Waals surface area (Å²) in [6.07, 6.45) is -4.65. The van der Waals surface area contributed by atoms with Gasteiger partial charge < -0.3 is 35.3 Å². The molecule has 0 bridgehead atoms. The molecule has 0 spiro atoms. The first-order valence-corrected chi connectivity index (χ1v) is 6.79. The molecule has 1 saturated heterocycles. The van der Waals surface area contributed by atoms with Gasteiger partial charge in [-0.2, -0.15) is 0 Å². The molecule has 0 unspecified atom stereocenters. The van der Waals surface area contributed by atoms with Gasteiger partial charge in [-0.05, 0) is 31.2 Å². The van der Waals surface area contributed by atoms with Crippen LogP contribution in [0.25, 0.3) is 0 Å². The molecule has 1 fully saturated rings. The van der Waals surface area contributed by atoms with Gasteiger partial charge in [-0.15, -0.1) is 0 Å². The summed E-state index contributed by atoms with van der Waals surface area (Å²) in [5.41, 5.74) is 6.20. The summed E-state index contributed by atoms with van der Waals surface area (Å²) in [6, 6.07) is 6.70. The molecule has 5 atom stereocenters. The monoisotopic (exact) mass is 299 g/mol. The number of anilines is 1. The predicted molar refractivity (Wildman–Crippen MR) is 74.7 cm³/mol. The fourth-order valence-corrected chi connectivity index (χ4v) is 2.14. The third-order valence-corrected chi connectivity index (χ3v) is 3.32. The number of benzene rings is 1. The summed E-state index contributed by atoms with van der Waals surface area (Å²) >= 11 is 0. The van der Waals surface area contributed by atoms with Gasteiger partial charge in [0.05, 0.1) is 19.3 Å². The van der Waals surface area contributed by atoms with E-state index in [4.69, 9.17) is 25.1 Å². The van der Waals surface area contributed by atoms with Gasteiger partial charge >= 0.3 is 0 Å². The molecule has 1 heterocycles. The van der Waals surface area contributed by atoms with Gasteiger partial charge in [-0.3, -0.25) is 0 Å². The number of aliphatic hydroxyl groups excluding tert-OH is 3. The number of hydrogen-bond donors (Lipinski definition) is 4. The second-order valence-corrected chi connectivity index (χ2v) is 4.94. The van der Waals surface area contributed by atoms with Crippen molar-refractivity contribution in [3.8, 4) is 5.75 Å². The van der Waals surface area contributed by atoms with E-state index in [1.165, 1.54) is 0 Å². The highest BCUT2D eigenvalue weighted by molar-refractivity contribution is 5.41. The maximum Gasteiger partial charge on any atom is 0.229 e. The zero-order chi connectivity index (χ0) is 15.4. The van der Waals surface area contributed by atoms with Crippen molar-refractivity contribution in [2.75, 3.05) is 18.9 Å². The Labute approximate surface area is 122 Å². The smallest absolute Gasteiger partial charge is 0.229 e. The van der Waals surface area contributed by atoms with Crippen molar-refractivity contribution >= 4 is 5.69 Å². The highest BCUT2D eigenvalue weighted by Gasteiger charge is 2.44. The van der Waals surface area contributed by atoms with Gasteiger partial charge in [-0.25, -0.2) is 0 Å². The van der Waals surface area contributed by atoms with Crippen LogP contribution in [-0.4, -0.2) is 59.2 Å². The maximum atomic E-state index is 10.1. The first kappa shape index (κ1) is 16.0. The van der Waals surface area contributed by atoms with Gasteiger partial charge in [0.25, 0.3) is 0 Å². The van der Waals surface area contributed by atoms with Crippen molar-refractivity contribution in [3.05, 3.63) is 24.3 Å². The number of nitrogen functional groups attached to an aromatic ring is 1. The molecule has 0 aromatic heterocycles. The molecule has 21 heavy (non-hydrogen) atoms. The summed E-state index contributed by atoms with van der Waals surface area (Å²) in [7, 11) is 0. The third-order valence-electron chi connectivity index (χ3n) is 3.32. The van der Waals surface area contributed by atoms with E-state index < -0.39 is 30.7 Å². The Kier molecular flexibility index (Phi) is 5.38. The fraction of sp³-hybridized carbons (Fsp3) is 0.571. The first-order valence-electron chi connectivity index (χ1n) is 6.79. The first-order chi connectivity index (χ1) is 10.0. The second kappa shape index (κ2) is 7.06. The zero-order valence-electron chi connectivity index (χ0n) is 11.8. The summed E-state index contributed by atoms with van der Waals surface area (Å²) in [4.78, 5) is 0. The number of nitrogens with two attached hydrogens (primary N) is 1. The fourth-order valence-electron chi connectivity index (χ4n) is 2.14. The molecule has 0 aliphatic carbocycles. The molecular formula is C14H21NO6. The Hall–Kier alpha value is -1.38. The minimum Gasteiger partial charge on any atom is -0.462 e. The minimum atomic E-state index is -1.17. The van der Waals surface area contributed by atoms with E-state index >= 15 is 0 Å². The normalized spacial score (nSPS) is 32.9. The molecule has 2 rings (SSSR count). The van der Waals surface area contributed by atoms with E-state index in [1.54, 1.807) is 31.2 Å². The SMILES string of the molecule is C[C@@H]1O[C@H](Oc2ccc(N)cc2)[C@@H](OCCO)[C@H](O)[C@@H]1O. The van der Waals surface area contributed by atoms with Crippen molar-refractivity contribution in [2.45, 2.75) is 37.6 Å². The van der Waals surface area contributed by atoms with E-state index in [-0.39, 0.29) is 13.2 Å². The molecule has 5 N–H and O–H groups in total. The standard InChI is InChI=1S/C14H21NO6/c1-8-11(17)12(18)13(19-7-6-16)14(20-8)21-10-4-2-9(15)3-5-10/h2-5,8,11-14,16-18H,6-7,15H2,1H3/t8-,11+,12+,13-,14+/m0/s1. The Morgan fingerprint density at radius 2 is 1.86 bits per heavy atom. The third kappa shape index (κ3) is 3.84. The summed E-state index contributed by atoms with van der Waals surface area (Å²) in [5, 5.41) is 28.8. The Balaban J connectivity index is 2.10. The minimum absolute atomic E-state index is 0.00772. The molecule has 7 nitrogen and oxygen atoms in total. The van der Waals surface area contributed by atoms with Crippen molar-refractivity contribution < 1.29 is 29.5 Å². The molecule has 1 aromatic rings. The maximum absolute atomic E-state index is 10.1. The lowest BCUT2D eigenvalue weighted by molar-refractivity contribution is -0.280. The largest absolute Gasteiger partial charge is 0.462 e. The van der Waals surface area contributed by atoms with E-state index in [2.05, 4.69) is 0 Å². The number of aliphatic hydroxyl groups is 3. The van der Waals surface area contributed by atoms with Crippen LogP contribution < -0.4 is 10.5 Å². The Morgan fingerprint density at radius 3 is 2.48 bits per heavy atom. The van der Waals surface area contributed by atoms with E-state index in [0.29, 0.717) is 11.4 Å². The van der Waals surface area contributed by atoms with Crippen molar-refractivity contribution in [1.82, 2.24) is 0 Å². The van der Waals surface area contributed by atoms with Crippen LogP contribution >= 0.6 is 0 Å². The molecule has 0 saturated carbocycles. The van der Waals surface area contributed by atoms with Gasteiger partial charge in [0.1, 0.15) is 24.1 Å². The lowest BCUT2D eigenvalue weighted by Gasteiger charge is -2.41. The number of hydrogen-bond acceptors (Lipinski definition) is 7. The van der Waals surface area contributed by atoms with Crippen molar-refractivity contribution in [3.63, 3.8) is 0 Å². The van der Waals surface area contributed by atoms with Crippen LogP contribution in [0.5, 0.6) is 5.75 Å². The van der Waals surface area contributed by atoms with Crippen LogP contribution in [0, 0.1) is 0 Å². The highest BCUT2D eigenvalue weighted by atomic mass is 16.7. The molecule has 7 heteroatoms. The van der Waals surface area contributed by atoms with Gasteiger partial charge in [-0.1, -0.05) is 0 Å². The van der Waals surface area contributed by atoms with Crippen LogP contribution in [0.15, 0.2) is 24.3 Å². The van der Waals surface area contributed by atoms with Crippen LogP contribution in [0.4, 0.5) is 5.69 Å². The Morgan fingerprint density at radius 1 is 1.19 bits per heavy atom. The number of rotatable bonds is 5. The molecule has 0 radical (unpaired) electrons. The second-order valence-electron chi connectivity index (χ2n) is 4.94. The van der Waals surface area contributed by atoms with Crippen LogP contribution in [0.3, 0.4) is 0 Å². The van der Waals surface area contributed by atoms with Crippen LogP contribution in [-0.2, 0) is 9.47 Å². The predicted octanol–water partition coefficient (Wildman–Crippen LogP) is -0.508. The molecule has 1 aliphatic rings. The topological polar surface area (TPSA) is 114 Å². The highest BCUT2D eigenvalue weighted by Crippen LogP contribution is 2.26. The average Bonchev–Trinajstić information content (AvgIpc) is 2.47. The van der Waals surface area contributed by atoms with Gasteiger partial charge in [0.15, 0.2) is 0 Å². The van der Waals surface area contributed by atoms with E-state index in [9.17, 15) is 10.2 Å². The van der Waals surface area contributed by atoms with Crippen LogP contribution in [0.2, 0.25) is 0 Å². The lowest BCUT2D eigenvalue weighted by Crippen LogP contribution is -2.59. The van der Waals surface area contributed by atoms with Gasteiger partial charge in [0.2, 0.25) is 6.29 Å². The Bertz CT molecular complexity index is 440. The van der Waals surface area contributed by atoms with Crippen molar-refractivity contribution in [2.24, 2.45) is 0 Å². The molecular weight excluding hydrogens is 278 g/mol. The van der Waals surface area contributed by atoms with E-state index in [1.807, 2.05) is 0 Å². The number of ether oxygens (including phenoxy) is 3. The van der Waals surface area contributed by atoms with Crippen molar-refractivity contribution in [1.29, 1.82) is 0 Å². The average molecular weight is 299 g/mol. The summed E-state index contributed by atoms with van der Waals surface area (Å²) < 4.78 is 16.5. The van der Waals surface area contributed by atoms with E-state index in [0.717, 1.165) is 0 Å². The molecule has 118 valence electrons. The molecule has 1 aliphatic heterocycles. The van der Waals surface area contributed by atoms with Gasteiger partial charge in [0, 0.05) is 5.69 Å². The lowest BCUT2D eigenvalue weighted by atomic mass is 10.00. The zero-order valence-corrected chi connectivity index (χ0v) is 11.8. The molecule has 1 aromatic carbocycles.